The number of rotatable bonds is 3. The van der Waals surface area contributed by atoms with Crippen molar-refractivity contribution in [3.05, 3.63) is 53.3 Å². The van der Waals surface area contributed by atoms with Crippen molar-refractivity contribution >= 4 is 17.5 Å². The first kappa shape index (κ1) is 15.0. The third kappa shape index (κ3) is 3.64. The zero-order valence-corrected chi connectivity index (χ0v) is 12.9. The Morgan fingerprint density at radius 1 is 1.14 bits per heavy atom. The summed E-state index contributed by atoms with van der Waals surface area (Å²) in [5, 5.41) is 7.06. The van der Waals surface area contributed by atoms with E-state index in [1.54, 1.807) is 12.4 Å². The van der Waals surface area contributed by atoms with E-state index in [2.05, 4.69) is 15.6 Å². The Bertz CT molecular complexity index is 651. The van der Waals surface area contributed by atoms with Crippen LogP contribution in [0.1, 0.15) is 23.2 Å². The summed E-state index contributed by atoms with van der Waals surface area (Å²) in [7, 11) is 0. The molecule has 1 aliphatic rings. The van der Waals surface area contributed by atoms with Crippen molar-refractivity contribution in [3.8, 4) is 11.1 Å². The monoisotopic (exact) mass is 315 g/mol. The third-order valence-electron chi connectivity index (χ3n) is 3.85. The number of pyridine rings is 1. The molecule has 2 heterocycles. The van der Waals surface area contributed by atoms with Crippen molar-refractivity contribution in [2.24, 2.45) is 0 Å². The Balaban J connectivity index is 1.75. The lowest BCUT2D eigenvalue weighted by Crippen LogP contribution is -2.42. The van der Waals surface area contributed by atoms with Gasteiger partial charge < -0.3 is 10.6 Å². The fourth-order valence-electron chi connectivity index (χ4n) is 2.60. The van der Waals surface area contributed by atoms with Crippen molar-refractivity contribution in [2.45, 2.75) is 18.9 Å². The van der Waals surface area contributed by atoms with Gasteiger partial charge in [-0.3, -0.25) is 9.78 Å². The SMILES string of the molecule is O=C(NC1CCNCC1)c1cncc(-c2ccc(Cl)cc2)c1. The molecule has 22 heavy (non-hydrogen) atoms. The minimum absolute atomic E-state index is 0.0600. The van der Waals surface area contributed by atoms with Crippen molar-refractivity contribution in [1.29, 1.82) is 0 Å². The fraction of sp³-hybridized carbons (Fsp3) is 0.294. The number of hydrogen-bond donors (Lipinski definition) is 2. The average Bonchev–Trinajstić information content (AvgIpc) is 2.56. The van der Waals surface area contributed by atoms with E-state index in [4.69, 9.17) is 11.6 Å². The number of nitrogens with zero attached hydrogens (tertiary/aromatic N) is 1. The molecule has 0 radical (unpaired) electrons. The van der Waals surface area contributed by atoms with Gasteiger partial charge in [-0.05, 0) is 49.7 Å². The highest BCUT2D eigenvalue weighted by Gasteiger charge is 2.16. The van der Waals surface area contributed by atoms with Gasteiger partial charge in [-0.15, -0.1) is 0 Å². The van der Waals surface area contributed by atoms with E-state index in [-0.39, 0.29) is 11.9 Å². The normalized spacial score (nSPS) is 15.5. The van der Waals surface area contributed by atoms with E-state index in [0.29, 0.717) is 10.6 Å². The van der Waals surface area contributed by atoms with E-state index in [9.17, 15) is 4.79 Å². The number of hydrogen-bond acceptors (Lipinski definition) is 3. The van der Waals surface area contributed by atoms with Crippen LogP contribution in [0.4, 0.5) is 0 Å². The van der Waals surface area contributed by atoms with Crippen LogP contribution in [0.5, 0.6) is 0 Å². The van der Waals surface area contributed by atoms with Crippen LogP contribution in [-0.2, 0) is 0 Å². The highest BCUT2D eigenvalue weighted by molar-refractivity contribution is 6.30. The number of carbonyl (C=O) groups excluding carboxylic acids is 1. The van der Waals surface area contributed by atoms with Crippen LogP contribution in [0.2, 0.25) is 5.02 Å². The Morgan fingerprint density at radius 3 is 2.59 bits per heavy atom. The highest BCUT2D eigenvalue weighted by Crippen LogP contribution is 2.21. The molecule has 0 saturated carbocycles. The van der Waals surface area contributed by atoms with E-state index in [1.807, 2.05) is 30.3 Å². The molecule has 1 amide bonds. The molecule has 5 heteroatoms. The van der Waals surface area contributed by atoms with Crippen molar-refractivity contribution in [3.63, 3.8) is 0 Å². The molecule has 1 fully saturated rings. The molecule has 1 aliphatic heterocycles. The molecule has 0 atom stereocenters. The summed E-state index contributed by atoms with van der Waals surface area (Å²) in [6.45, 7) is 1.90. The lowest BCUT2D eigenvalue weighted by Gasteiger charge is -2.23. The maximum absolute atomic E-state index is 12.4. The Kier molecular flexibility index (Phi) is 4.71. The molecule has 1 aromatic carbocycles. The second-order valence-corrected chi connectivity index (χ2v) is 5.90. The predicted octanol–water partition coefficient (Wildman–Crippen LogP) is 2.88. The average molecular weight is 316 g/mol. The van der Waals surface area contributed by atoms with Crippen LogP contribution in [0.25, 0.3) is 11.1 Å². The maximum Gasteiger partial charge on any atom is 0.253 e. The van der Waals surface area contributed by atoms with Gasteiger partial charge >= 0.3 is 0 Å². The van der Waals surface area contributed by atoms with E-state index in [1.165, 1.54) is 0 Å². The second kappa shape index (κ2) is 6.90. The van der Waals surface area contributed by atoms with E-state index >= 15 is 0 Å². The Hall–Kier alpha value is -1.91. The van der Waals surface area contributed by atoms with E-state index in [0.717, 1.165) is 37.1 Å². The molecular formula is C17H18ClN3O. The van der Waals surface area contributed by atoms with Crippen molar-refractivity contribution < 1.29 is 4.79 Å². The van der Waals surface area contributed by atoms with Gasteiger partial charge in [0.25, 0.3) is 5.91 Å². The molecule has 0 bridgehead atoms. The van der Waals surface area contributed by atoms with Gasteiger partial charge in [-0.2, -0.15) is 0 Å². The first-order valence-electron chi connectivity index (χ1n) is 7.45. The van der Waals surface area contributed by atoms with Crippen LogP contribution in [0.3, 0.4) is 0 Å². The van der Waals surface area contributed by atoms with Crippen LogP contribution in [0.15, 0.2) is 42.7 Å². The lowest BCUT2D eigenvalue weighted by molar-refractivity contribution is 0.0929. The number of halogens is 1. The summed E-state index contributed by atoms with van der Waals surface area (Å²) in [6, 6.07) is 9.62. The molecule has 0 spiro atoms. The van der Waals surface area contributed by atoms with Gasteiger partial charge in [0.2, 0.25) is 0 Å². The van der Waals surface area contributed by atoms with Crippen LogP contribution < -0.4 is 10.6 Å². The summed E-state index contributed by atoms with van der Waals surface area (Å²) < 4.78 is 0. The summed E-state index contributed by atoms with van der Waals surface area (Å²) in [5.41, 5.74) is 2.49. The standard InChI is InChI=1S/C17H18ClN3O/c18-15-3-1-12(2-4-15)13-9-14(11-20-10-13)17(22)21-16-5-7-19-8-6-16/h1-4,9-11,16,19H,5-8H2,(H,21,22). The molecular weight excluding hydrogens is 298 g/mol. The molecule has 1 aromatic heterocycles. The number of carbonyl (C=O) groups is 1. The molecule has 4 nitrogen and oxygen atoms in total. The van der Waals surface area contributed by atoms with Crippen LogP contribution >= 0.6 is 11.6 Å². The molecule has 2 aromatic rings. The van der Waals surface area contributed by atoms with Crippen LogP contribution in [0, 0.1) is 0 Å². The summed E-state index contributed by atoms with van der Waals surface area (Å²) >= 11 is 5.90. The van der Waals surface area contributed by atoms with Crippen LogP contribution in [-0.4, -0.2) is 30.0 Å². The van der Waals surface area contributed by atoms with Gasteiger partial charge in [0, 0.05) is 29.0 Å². The third-order valence-corrected chi connectivity index (χ3v) is 4.10. The van der Waals surface area contributed by atoms with Gasteiger partial charge in [0.05, 0.1) is 5.56 Å². The Morgan fingerprint density at radius 2 is 1.86 bits per heavy atom. The van der Waals surface area contributed by atoms with Gasteiger partial charge in [-0.25, -0.2) is 0 Å². The van der Waals surface area contributed by atoms with Gasteiger partial charge in [-0.1, -0.05) is 23.7 Å². The first-order chi connectivity index (χ1) is 10.7. The first-order valence-corrected chi connectivity index (χ1v) is 7.83. The predicted molar refractivity (Wildman–Crippen MR) is 88.0 cm³/mol. The van der Waals surface area contributed by atoms with E-state index < -0.39 is 0 Å². The lowest BCUT2D eigenvalue weighted by atomic mass is 10.0. The number of benzene rings is 1. The number of piperidine rings is 1. The number of nitrogens with one attached hydrogen (secondary N) is 2. The summed E-state index contributed by atoms with van der Waals surface area (Å²) in [6.07, 6.45) is 5.30. The molecule has 114 valence electrons. The summed E-state index contributed by atoms with van der Waals surface area (Å²) in [4.78, 5) is 16.5. The molecule has 2 N–H and O–H groups in total. The number of amides is 1. The zero-order valence-electron chi connectivity index (χ0n) is 12.2. The minimum Gasteiger partial charge on any atom is -0.349 e. The van der Waals surface area contributed by atoms with Gasteiger partial charge in [0.1, 0.15) is 0 Å². The quantitative estimate of drug-likeness (QED) is 0.915. The molecule has 1 saturated heterocycles. The topological polar surface area (TPSA) is 54.0 Å². The van der Waals surface area contributed by atoms with Crippen molar-refractivity contribution in [2.75, 3.05) is 13.1 Å². The molecule has 0 unspecified atom stereocenters. The minimum atomic E-state index is -0.0600. The smallest absolute Gasteiger partial charge is 0.253 e. The molecule has 3 rings (SSSR count). The largest absolute Gasteiger partial charge is 0.349 e. The maximum atomic E-state index is 12.4. The summed E-state index contributed by atoms with van der Waals surface area (Å²) in [5.74, 6) is -0.0600. The second-order valence-electron chi connectivity index (χ2n) is 5.47. The van der Waals surface area contributed by atoms with Crippen molar-refractivity contribution in [1.82, 2.24) is 15.6 Å². The van der Waals surface area contributed by atoms with Gasteiger partial charge in [0.15, 0.2) is 0 Å². The Labute approximate surface area is 134 Å². The zero-order chi connectivity index (χ0) is 15.4. The number of aromatic nitrogens is 1. The fourth-order valence-corrected chi connectivity index (χ4v) is 2.73. The molecule has 0 aliphatic carbocycles. The highest BCUT2D eigenvalue weighted by atomic mass is 35.5.